The number of nitrogens with zero attached hydrogens (tertiary/aromatic N) is 2. The highest BCUT2D eigenvalue weighted by atomic mass is 32.2. The van der Waals surface area contributed by atoms with Crippen molar-refractivity contribution in [2.45, 2.75) is 30.7 Å². The number of hydrogen-bond donors (Lipinski definition) is 0. The molecule has 0 aliphatic carbocycles. The minimum Gasteiger partial charge on any atom is -0.486 e. The van der Waals surface area contributed by atoms with E-state index >= 15 is 0 Å². The molecule has 3 aliphatic rings. The molecule has 2 aromatic carbocycles. The Hall–Kier alpha value is -2.62. The van der Waals surface area contributed by atoms with Gasteiger partial charge in [-0.15, -0.1) is 0 Å². The van der Waals surface area contributed by atoms with E-state index in [1.807, 2.05) is 30.0 Å². The van der Waals surface area contributed by atoms with Crippen LogP contribution in [0.25, 0.3) is 0 Å². The first-order chi connectivity index (χ1) is 15.9. The van der Waals surface area contributed by atoms with Crippen molar-refractivity contribution in [2.24, 2.45) is 0 Å². The van der Waals surface area contributed by atoms with E-state index in [-0.39, 0.29) is 16.8 Å². The lowest BCUT2D eigenvalue weighted by Crippen LogP contribution is -2.40. The number of morpholine rings is 1. The fourth-order valence-electron chi connectivity index (χ4n) is 4.71. The van der Waals surface area contributed by atoms with Crippen LogP contribution in [0.2, 0.25) is 0 Å². The molecule has 0 saturated carbocycles. The molecule has 9 heteroatoms. The van der Waals surface area contributed by atoms with E-state index in [0.717, 1.165) is 29.7 Å². The third-order valence-corrected chi connectivity index (χ3v) is 8.41. The van der Waals surface area contributed by atoms with Crippen molar-refractivity contribution in [1.29, 1.82) is 0 Å². The Labute approximate surface area is 194 Å². The summed E-state index contributed by atoms with van der Waals surface area (Å²) in [5.74, 6) is 1.27. The number of carbonyl (C=O) groups is 1. The maximum atomic E-state index is 13.6. The zero-order valence-electron chi connectivity index (χ0n) is 18.7. The zero-order valence-corrected chi connectivity index (χ0v) is 19.5. The molecular weight excluding hydrogens is 444 g/mol. The summed E-state index contributed by atoms with van der Waals surface area (Å²) in [6.45, 7) is 4.89. The second kappa shape index (κ2) is 8.96. The minimum atomic E-state index is -3.68. The van der Waals surface area contributed by atoms with Crippen molar-refractivity contribution < 1.29 is 27.4 Å². The SMILES string of the molecule is Cc1ccc(S(=O)(=O)N2CCOCC2)cc1C(=O)N1CCCC1c1ccc2c(c1)OCCO2. The number of benzene rings is 2. The van der Waals surface area contributed by atoms with Crippen LogP contribution in [0.3, 0.4) is 0 Å². The maximum Gasteiger partial charge on any atom is 0.254 e. The largest absolute Gasteiger partial charge is 0.486 e. The summed E-state index contributed by atoms with van der Waals surface area (Å²) in [6.07, 6.45) is 1.73. The molecule has 0 bridgehead atoms. The van der Waals surface area contributed by atoms with Gasteiger partial charge in [0.25, 0.3) is 5.91 Å². The standard InChI is InChI=1S/C24H28N2O6S/c1-17-4-6-19(33(28,29)25-9-11-30-12-10-25)16-20(17)24(27)26-8-2-3-21(26)18-5-7-22-23(15-18)32-14-13-31-22/h4-7,15-16,21H,2-3,8-14H2,1H3. The topological polar surface area (TPSA) is 85.4 Å². The fourth-order valence-corrected chi connectivity index (χ4v) is 6.14. The molecule has 5 rings (SSSR count). The van der Waals surface area contributed by atoms with Crippen molar-refractivity contribution in [3.63, 3.8) is 0 Å². The van der Waals surface area contributed by atoms with Crippen molar-refractivity contribution in [1.82, 2.24) is 9.21 Å². The Kier molecular flexibility index (Phi) is 6.03. The van der Waals surface area contributed by atoms with E-state index in [4.69, 9.17) is 14.2 Å². The van der Waals surface area contributed by atoms with Crippen LogP contribution >= 0.6 is 0 Å². The van der Waals surface area contributed by atoms with E-state index in [0.29, 0.717) is 57.4 Å². The van der Waals surface area contributed by atoms with E-state index in [2.05, 4.69) is 0 Å². The number of rotatable bonds is 4. The van der Waals surface area contributed by atoms with Crippen LogP contribution in [0.4, 0.5) is 0 Å². The van der Waals surface area contributed by atoms with Gasteiger partial charge in [-0.2, -0.15) is 4.31 Å². The summed E-state index contributed by atoms with van der Waals surface area (Å²) < 4.78 is 44.3. The predicted molar refractivity (Wildman–Crippen MR) is 121 cm³/mol. The van der Waals surface area contributed by atoms with Gasteiger partial charge in [0.15, 0.2) is 11.5 Å². The predicted octanol–water partition coefficient (Wildman–Crippen LogP) is 2.76. The highest BCUT2D eigenvalue weighted by Crippen LogP contribution is 2.39. The van der Waals surface area contributed by atoms with E-state index in [1.165, 1.54) is 10.4 Å². The number of amides is 1. The number of sulfonamides is 1. The van der Waals surface area contributed by atoms with Crippen molar-refractivity contribution in [3.8, 4) is 11.5 Å². The average molecular weight is 473 g/mol. The van der Waals surface area contributed by atoms with Gasteiger partial charge in [-0.25, -0.2) is 8.42 Å². The van der Waals surface area contributed by atoms with Crippen LogP contribution in [-0.2, 0) is 14.8 Å². The Balaban J connectivity index is 1.43. The fraction of sp³-hybridized carbons (Fsp3) is 0.458. The van der Waals surface area contributed by atoms with Crippen LogP contribution < -0.4 is 9.47 Å². The van der Waals surface area contributed by atoms with Crippen LogP contribution in [0.1, 0.15) is 40.4 Å². The summed E-state index contributed by atoms with van der Waals surface area (Å²) in [7, 11) is -3.68. The first-order valence-corrected chi connectivity index (χ1v) is 12.8. The second-order valence-corrected chi connectivity index (χ2v) is 10.5. The van der Waals surface area contributed by atoms with Gasteiger partial charge in [0.05, 0.1) is 24.2 Å². The van der Waals surface area contributed by atoms with Gasteiger partial charge in [-0.05, 0) is 55.2 Å². The molecule has 0 aromatic heterocycles. The molecule has 3 aliphatic heterocycles. The van der Waals surface area contributed by atoms with Gasteiger partial charge in [-0.3, -0.25) is 4.79 Å². The lowest BCUT2D eigenvalue weighted by molar-refractivity contribution is 0.0727. The smallest absolute Gasteiger partial charge is 0.254 e. The minimum absolute atomic E-state index is 0.0905. The number of ether oxygens (including phenoxy) is 3. The molecule has 0 spiro atoms. The number of fused-ring (bicyclic) bond motifs is 1. The molecule has 2 saturated heterocycles. The number of likely N-dealkylation sites (tertiary alicyclic amines) is 1. The van der Waals surface area contributed by atoms with Crippen LogP contribution in [-0.4, -0.2) is 69.6 Å². The van der Waals surface area contributed by atoms with Gasteiger partial charge < -0.3 is 19.1 Å². The Bertz CT molecular complexity index is 1160. The van der Waals surface area contributed by atoms with Crippen molar-refractivity contribution >= 4 is 15.9 Å². The molecule has 8 nitrogen and oxygen atoms in total. The average Bonchev–Trinajstić information content (AvgIpc) is 3.34. The number of carbonyl (C=O) groups excluding carboxylic acids is 1. The van der Waals surface area contributed by atoms with Gasteiger partial charge >= 0.3 is 0 Å². The first-order valence-electron chi connectivity index (χ1n) is 11.3. The summed E-state index contributed by atoms with van der Waals surface area (Å²) in [5, 5.41) is 0. The summed E-state index contributed by atoms with van der Waals surface area (Å²) >= 11 is 0. The molecular formula is C24H28N2O6S. The van der Waals surface area contributed by atoms with E-state index in [9.17, 15) is 13.2 Å². The lowest BCUT2D eigenvalue weighted by atomic mass is 10.0. The van der Waals surface area contributed by atoms with Crippen molar-refractivity contribution in [3.05, 3.63) is 53.1 Å². The number of aryl methyl sites for hydroxylation is 1. The van der Waals surface area contributed by atoms with Crippen LogP contribution in [0.15, 0.2) is 41.3 Å². The lowest BCUT2D eigenvalue weighted by Gasteiger charge is -2.28. The van der Waals surface area contributed by atoms with Gasteiger partial charge in [0, 0.05) is 25.2 Å². The molecule has 2 fully saturated rings. The third-order valence-electron chi connectivity index (χ3n) is 6.51. The van der Waals surface area contributed by atoms with E-state index in [1.54, 1.807) is 12.1 Å². The molecule has 176 valence electrons. The number of hydrogen-bond acceptors (Lipinski definition) is 6. The molecule has 1 amide bonds. The zero-order chi connectivity index (χ0) is 23.0. The normalized spacial score (nSPS) is 21.2. The molecule has 1 unspecified atom stereocenters. The quantitative estimate of drug-likeness (QED) is 0.680. The second-order valence-electron chi connectivity index (χ2n) is 8.55. The Morgan fingerprint density at radius 1 is 0.939 bits per heavy atom. The van der Waals surface area contributed by atoms with E-state index < -0.39 is 10.0 Å². The molecule has 2 aromatic rings. The summed E-state index contributed by atoms with van der Waals surface area (Å²) in [6, 6.07) is 10.6. The Morgan fingerprint density at radius 3 is 2.48 bits per heavy atom. The van der Waals surface area contributed by atoms with Crippen molar-refractivity contribution in [2.75, 3.05) is 46.1 Å². The van der Waals surface area contributed by atoms with Gasteiger partial charge in [0.1, 0.15) is 13.2 Å². The monoisotopic (exact) mass is 472 g/mol. The molecule has 3 heterocycles. The van der Waals surface area contributed by atoms with Crippen LogP contribution in [0.5, 0.6) is 11.5 Å². The van der Waals surface area contributed by atoms with Gasteiger partial charge in [0.2, 0.25) is 10.0 Å². The highest BCUT2D eigenvalue weighted by Gasteiger charge is 2.33. The Morgan fingerprint density at radius 2 is 1.70 bits per heavy atom. The maximum absolute atomic E-state index is 13.6. The first kappa shape index (κ1) is 22.2. The molecule has 1 atom stereocenters. The molecule has 0 radical (unpaired) electrons. The van der Waals surface area contributed by atoms with Gasteiger partial charge in [-0.1, -0.05) is 12.1 Å². The highest BCUT2D eigenvalue weighted by molar-refractivity contribution is 7.89. The summed E-state index contributed by atoms with van der Waals surface area (Å²) in [4.78, 5) is 15.6. The van der Waals surface area contributed by atoms with Crippen LogP contribution in [0, 0.1) is 6.92 Å². The third kappa shape index (κ3) is 4.20. The molecule has 33 heavy (non-hydrogen) atoms. The summed E-state index contributed by atoms with van der Waals surface area (Å²) in [5.41, 5.74) is 2.18. The molecule has 0 N–H and O–H groups in total.